The van der Waals surface area contributed by atoms with E-state index in [0.29, 0.717) is 12.3 Å². The van der Waals surface area contributed by atoms with Crippen LogP contribution in [0.1, 0.15) is 45.6 Å². The SMILES string of the molecule is CC(C)c1ccccc1N1C(=O)CC(CO)C1(C)C. The third-order valence-corrected chi connectivity index (χ3v) is 4.27. The van der Waals surface area contributed by atoms with E-state index in [-0.39, 0.29) is 24.0 Å². The molecule has 1 aromatic carbocycles. The predicted molar refractivity (Wildman–Crippen MR) is 77.3 cm³/mol. The Morgan fingerprint density at radius 3 is 2.53 bits per heavy atom. The molecule has 1 fully saturated rings. The first kappa shape index (κ1) is 14.1. The molecular formula is C16H23NO2. The molecule has 1 unspecified atom stereocenters. The monoisotopic (exact) mass is 261 g/mol. The minimum absolute atomic E-state index is 0.000202. The van der Waals surface area contributed by atoms with Crippen LogP contribution in [0, 0.1) is 5.92 Å². The van der Waals surface area contributed by atoms with Crippen LogP contribution in [-0.4, -0.2) is 23.2 Å². The van der Waals surface area contributed by atoms with Gasteiger partial charge >= 0.3 is 0 Å². The van der Waals surface area contributed by atoms with E-state index < -0.39 is 0 Å². The van der Waals surface area contributed by atoms with Crippen LogP contribution in [0.3, 0.4) is 0 Å². The van der Waals surface area contributed by atoms with Crippen LogP contribution in [0.5, 0.6) is 0 Å². The van der Waals surface area contributed by atoms with Gasteiger partial charge in [-0.25, -0.2) is 0 Å². The number of para-hydroxylation sites is 1. The van der Waals surface area contributed by atoms with Gasteiger partial charge in [-0.05, 0) is 31.4 Å². The van der Waals surface area contributed by atoms with Gasteiger partial charge < -0.3 is 10.0 Å². The van der Waals surface area contributed by atoms with E-state index in [2.05, 4.69) is 19.9 Å². The molecule has 19 heavy (non-hydrogen) atoms. The van der Waals surface area contributed by atoms with Crippen molar-refractivity contribution in [2.24, 2.45) is 5.92 Å². The Labute approximate surface area is 115 Å². The van der Waals surface area contributed by atoms with Gasteiger partial charge in [0.2, 0.25) is 5.91 Å². The molecule has 0 bridgehead atoms. The van der Waals surface area contributed by atoms with Crippen LogP contribution in [0.15, 0.2) is 24.3 Å². The number of aliphatic hydroxyl groups is 1. The quantitative estimate of drug-likeness (QED) is 0.908. The lowest BCUT2D eigenvalue weighted by Gasteiger charge is -2.37. The number of rotatable bonds is 3. The highest BCUT2D eigenvalue weighted by atomic mass is 16.3. The van der Waals surface area contributed by atoms with Crippen molar-refractivity contribution in [3.05, 3.63) is 29.8 Å². The number of hydrogen-bond donors (Lipinski definition) is 1. The largest absolute Gasteiger partial charge is 0.396 e. The van der Waals surface area contributed by atoms with Crippen LogP contribution in [0.4, 0.5) is 5.69 Å². The summed E-state index contributed by atoms with van der Waals surface area (Å²) in [6.45, 7) is 8.40. The van der Waals surface area contributed by atoms with Gasteiger partial charge in [0.05, 0.1) is 0 Å². The van der Waals surface area contributed by atoms with E-state index >= 15 is 0 Å². The van der Waals surface area contributed by atoms with Crippen LogP contribution < -0.4 is 4.90 Å². The minimum atomic E-state index is -0.336. The van der Waals surface area contributed by atoms with Crippen molar-refractivity contribution < 1.29 is 9.90 Å². The minimum Gasteiger partial charge on any atom is -0.396 e. The smallest absolute Gasteiger partial charge is 0.227 e. The number of amides is 1. The first-order valence-corrected chi connectivity index (χ1v) is 6.92. The van der Waals surface area contributed by atoms with Gasteiger partial charge in [0.25, 0.3) is 0 Å². The summed E-state index contributed by atoms with van der Waals surface area (Å²) < 4.78 is 0. The maximum absolute atomic E-state index is 12.3. The van der Waals surface area contributed by atoms with Crippen molar-refractivity contribution in [1.29, 1.82) is 0 Å². The molecule has 3 nitrogen and oxygen atoms in total. The van der Waals surface area contributed by atoms with Gasteiger partial charge in [-0.3, -0.25) is 4.79 Å². The van der Waals surface area contributed by atoms with Gasteiger partial charge in [0.1, 0.15) is 0 Å². The van der Waals surface area contributed by atoms with E-state index in [9.17, 15) is 9.90 Å². The van der Waals surface area contributed by atoms with Crippen molar-refractivity contribution in [1.82, 2.24) is 0 Å². The topological polar surface area (TPSA) is 40.5 Å². The highest BCUT2D eigenvalue weighted by Crippen LogP contribution is 2.41. The lowest BCUT2D eigenvalue weighted by atomic mass is 9.88. The molecule has 0 saturated carbocycles. The zero-order valence-electron chi connectivity index (χ0n) is 12.2. The number of hydrogen-bond acceptors (Lipinski definition) is 2. The Morgan fingerprint density at radius 1 is 1.37 bits per heavy atom. The molecule has 1 saturated heterocycles. The Hall–Kier alpha value is -1.35. The van der Waals surface area contributed by atoms with Gasteiger partial charge in [0, 0.05) is 30.2 Å². The van der Waals surface area contributed by atoms with Crippen LogP contribution in [0.25, 0.3) is 0 Å². The van der Waals surface area contributed by atoms with Crippen LogP contribution >= 0.6 is 0 Å². The van der Waals surface area contributed by atoms with Crippen molar-refractivity contribution in [3.63, 3.8) is 0 Å². The first-order valence-electron chi connectivity index (χ1n) is 6.92. The fraction of sp³-hybridized carbons (Fsp3) is 0.562. The van der Waals surface area contributed by atoms with E-state index in [1.54, 1.807) is 0 Å². The Morgan fingerprint density at radius 2 is 2.00 bits per heavy atom. The molecule has 1 atom stereocenters. The lowest BCUT2D eigenvalue weighted by Crippen LogP contribution is -2.45. The number of anilines is 1. The zero-order valence-corrected chi connectivity index (χ0v) is 12.2. The molecule has 0 spiro atoms. The average Bonchev–Trinajstić information content (AvgIpc) is 2.58. The maximum Gasteiger partial charge on any atom is 0.227 e. The second-order valence-electron chi connectivity index (χ2n) is 6.18. The van der Waals surface area contributed by atoms with Crippen LogP contribution in [0.2, 0.25) is 0 Å². The Bertz CT molecular complexity index is 479. The highest BCUT2D eigenvalue weighted by molar-refractivity contribution is 5.98. The second kappa shape index (κ2) is 4.97. The number of carbonyl (C=O) groups excluding carboxylic acids is 1. The molecular weight excluding hydrogens is 238 g/mol. The second-order valence-corrected chi connectivity index (χ2v) is 6.18. The molecule has 1 N–H and O–H groups in total. The standard InChI is InChI=1S/C16H23NO2/c1-11(2)13-7-5-6-8-14(13)17-15(19)9-12(10-18)16(17,3)4/h5-8,11-12,18H,9-10H2,1-4H3. The maximum atomic E-state index is 12.3. The molecule has 1 aromatic rings. The van der Waals surface area contributed by atoms with Crippen LogP contribution in [-0.2, 0) is 4.79 Å². The Kier molecular flexibility index (Phi) is 3.68. The third-order valence-electron chi connectivity index (χ3n) is 4.27. The fourth-order valence-electron chi connectivity index (χ4n) is 2.97. The third kappa shape index (κ3) is 2.27. The molecule has 0 aliphatic carbocycles. The summed E-state index contributed by atoms with van der Waals surface area (Å²) in [6, 6.07) is 8.07. The van der Waals surface area contributed by atoms with Gasteiger partial charge in [-0.15, -0.1) is 0 Å². The summed E-state index contributed by atoms with van der Waals surface area (Å²) in [4.78, 5) is 14.2. The number of aliphatic hydroxyl groups excluding tert-OH is 1. The van der Waals surface area contributed by atoms with Gasteiger partial charge in [-0.2, -0.15) is 0 Å². The molecule has 1 heterocycles. The molecule has 3 heteroatoms. The summed E-state index contributed by atoms with van der Waals surface area (Å²) in [5, 5.41) is 9.48. The van der Waals surface area contributed by atoms with E-state index in [1.807, 2.05) is 36.9 Å². The van der Waals surface area contributed by atoms with E-state index in [0.717, 1.165) is 5.69 Å². The molecule has 0 radical (unpaired) electrons. The van der Waals surface area contributed by atoms with Gasteiger partial charge in [-0.1, -0.05) is 32.0 Å². The van der Waals surface area contributed by atoms with Crippen molar-refractivity contribution in [3.8, 4) is 0 Å². The fourth-order valence-corrected chi connectivity index (χ4v) is 2.97. The van der Waals surface area contributed by atoms with Crippen molar-refractivity contribution in [2.45, 2.75) is 45.6 Å². The summed E-state index contributed by atoms with van der Waals surface area (Å²) in [5.41, 5.74) is 1.84. The van der Waals surface area contributed by atoms with E-state index in [4.69, 9.17) is 0 Å². The first-order chi connectivity index (χ1) is 8.89. The molecule has 1 aliphatic rings. The molecule has 1 amide bonds. The number of nitrogens with zero attached hydrogens (tertiary/aromatic N) is 1. The Balaban J connectivity index is 2.50. The highest BCUT2D eigenvalue weighted by Gasteiger charge is 2.47. The summed E-state index contributed by atoms with van der Waals surface area (Å²) in [7, 11) is 0. The number of carbonyl (C=O) groups is 1. The van der Waals surface area contributed by atoms with E-state index in [1.165, 1.54) is 5.56 Å². The average molecular weight is 261 g/mol. The normalized spacial score (nSPS) is 22.3. The molecule has 104 valence electrons. The molecule has 0 aromatic heterocycles. The molecule has 1 aliphatic heterocycles. The summed E-state index contributed by atoms with van der Waals surface area (Å²) in [5.74, 6) is 0.477. The number of benzene rings is 1. The van der Waals surface area contributed by atoms with Gasteiger partial charge in [0.15, 0.2) is 0 Å². The molecule has 2 rings (SSSR count). The summed E-state index contributed by atoms with van der Waals surface area (Å²) in [6.07, 6.45) is 0.427. The summed E-state index contributed by atoms with van der Waals surface area (Å²) >= 11 is 0. The lowest BCUT2D eigenvalue weighted by molar-refractivity contribution is -0.117. The zero-order chi connectivity index (χ0) is 14.2. The van der Waals surface area contributed by atoms with Crippen molar-refractivity contribution >= 4 is 11.6 Å². The van der Waals surface area contributed by atoms with Crippen molar-refractivity contribution in [2.75, 3.05) is 11.5 Å². The predicted octanol–water partition coefficient (Wildman–Crippen LogP) is 2.93.